The van der Waals surface area contributed by atoms with E-state index in [1.165, 1.54) is 6.07 Å². The van der Waals surface area contributed by atoms with Gasteiger partial charge in [0.05, 0.1) is 0 Å². The number of phenols is 1. The molecule has 0 saturated heterocycles. The first-order valence-electron chi connectivity index (χ1n) is 10.3. The Morgan fingerprint density at radius 2 is 1.59 bits per heavy atom. The maximum atomic E-state index is 12.3. The van der Waals surface area contributed by atoms with Crippen molar-refractivity contribution < 1.29 is 24.2 Å². The van der Waals surface area contributed by atoms with Crippen LogP contribution in [0, 0.1) is 0 Å². The number of hydrogen-bond acceptors (Lipinski definition) is 6. The third-order valence-electron chi connectivity index (χ3n) is 5.03. The molecule has 0 aliphatic heterocycles. The molecule has 0 aliphatic rings. The second kappa shape index (κ2) is 10.3. The fraction of sp³-hybridized carbons (Fsp3) is 0.208. The van der Waals surface area contributed by atoms with Crippen molar-refractivity contribution in [2.24, 2.45) is 0 Å². The molecular weight excluding hydrogens is 410 g/mol. The van der Waals surface area contributed by atoms with Crippen molar-refractivity contribution in [3.05, 3.63) is 71.8 Å². The van der Waals surface area contributed by atoms with E-state index in [1.54, 1.807) is 36.4 Å². The summed E-state index contributed by atoms with van der Waals surface area (Å²) in [6.07, 6.45) is 0. The van der Waals surface area contributed by atoms with Crippen LogP contribution in [-0.2, 0) is 9.53 Å². The lowest BCUT2D eigenvalue weighted by molar-refractivity contribution is -0.125. The summed E-state index contributed by atoms with van der Waals surface area (Å²) in [7, 11) is 0. The van der Waals surface area contributed by atoms with Gasteiger partial charge in [0, 0.05) is 29.7 Å². The largest absolute Gasteiger partial charge is 0.506 e. The number of hydrazine groups is 1. The number of rotatable bonds is 7. The van der Waals surface area contributed by atoms with E-state index in [0.717, 1.165) is 24.2 Å². The second-order valence-corrected chi connectivity index (χ2v) is 6.98. The molecule has 3 aromatic carbocycles. The van der Waals surface area contributed by atoms with E-state index in [4.69, 9.17) is 4.74 Å². The summed E-state index contributed by atoms with van der Waals surface area (Å²) in [5, 5.41) is 11.6. The van der Waals surface area contributed by atoms with Crippen LogP contribution in [0.1, 0.15) is 34.6 Å². The second-order valence-electron chi connectivity index (χ2n) is 6.98. The topological polar surface area (TPSA) is 108 Å². The average Bonchev–Trinajstić information content (AvgIpc) is 2.82. The summed E-state index contributed by atoms with van der Waals surface area (Å²) in [6.45, 7) is 5.19. The van der Waals surface area contributed by atoms with Crippen molar-refractivity contribution in [1.29, 1.82) is 0 Å². The van der Waals surface area contributed by atoms with Gasteiger partial charge in [-0.25, -0.2) is 4.79 Å². The van der Waals surface area contributed by atoms with Crippen molar-refractivity contribution in [2.45, 2.75) is 13.8 Å². The van der Waals surface area contributed by atoms with Crippen molar-refractivity contribution >= 4 is 34.2 Å². The molecule has 8 heteroatoms. The van der Waals surface area contributed by atoms with Crippen LogP contribution in [0.25, 0.3) is 10.8 Å². The van der Waals surface area contributed by atoms with Crippen LogP contribution in [0.2, 0.25) is 0 Å². The van der Waals surface area contributed by atoms with Gasteiger partial charge < -0.3 is 14.7 Å². The number of aromatic hydroxyl groups is 1. The number of benzene rings is 3. The Balaban J connectivity index is 1.51. The van der Waals surface area contributed by atoms with E-state index >= 15 is 0 Å². The molecule has 0 spiro atoms. The van der Waals surface area contributed by atoms with Crippen LogP contribution in [0.3, 0.4) is 0 Å². The molecule has 0 atom stereocenters. The number of fused-ring (bicyclic) bond motifs is 1. The van der Waals surface area contributed by atoms with Crippen LogP contribution in [-0.4, -0.2) is 42.6 Å². The summed E-state index contributed by atoms with van der Waals surface area (Å²) in [6, 6.07) is 17.1. The number of carbonyl (C=O) groups is 3. The summed E-state index contributed by atoms with van der Waals surface area (Å²) in [4.78, 5) is 38.6. The van der Waals surface area contributed by atoms with Crippen LogP contribution in [0.15, 0.2) is 60.7 Å². The fourth-order valence-electron chi connectivity index (χ4n) is 3.28. The molecule has 0 fully saturated rings. The Kier molecular flexibility index (Phi) is 7.28. The van der Waals surface area contributed by atoms with Gasteiger partial charge in [-0.3, -0.25) is 20.4 Å². The molecular formula is C24H25N3O5. The van der Waals surface area contributed by atoms with Crippen molar-refractivity contribution in [1.82, 2.24) is 10.9 Å². The Hall–Kier alpha value is -4.07. The third-order valence-corrected chi connectivity index (χ3v) is 5.03. The fourth-order valence-corrected chi connectivity index (χ4v) is 3.28. The highest BCUT2D eigenvalue weighted by atomic mass is 16.5. The quantitative estimate of drug-likeness (QED) is 0.389. The number of esters is 1. The normalized spacial score (nSPS) is 10.4. The number of nitrogens with one attached hydrogen (secondary N) is 2. The standard InChI is InChI=1S/C24H25N3O5/c1-3-27(4-2)18-12-9-17(10-13-18)23(30)26-25-21(28)15-32-24(31)20-14-11-16-7-5-6-8-19(16)22(20)29/h5-14,29H,3-4,15H2,1-2H3,(H,25,28)(H,26,30). The lowest BCUT2D eigenvalue weighted by Crippen LogP contribution is -2.43. The lowest BCUT2D eigenvalue weighted by Gasteiger charge is -2.21. The Morgan fingerprint density at radius 3 is 2.28 bits per heavy atom. The van der Waals surface area contributed by atoms with Gasteiger partial charge >= 0.3 is 5.97 Å². The molecule has 166 valence electrons. The first kappa shape index (κ1) is 22.6. The van der Waals surface area contributed by atoms with Gasteiger partial charge in [0.2, 0.25) is 0 Å². The number of carbonyl (C=O) groups excluding carboxylic acids is 3. The Morgan fingerprint density at radius 1 is 0.906 bits per heavy atom. The summed E-state index contributed by atoms with van der Waals surface area (Å²) < 4.78 is 4.96. The molecule has 0 bridgehead atoms. The highest BCUT2D eigenvalue weighted by molar-refractivity contribution is 6.01. The Bertz CT molecular complexity index is 1120. The minimum absolute atomic E-state index is 0.0474. The molecule has 0 heterocycles. The summed E-state index contributed by atoms with van der Waals surface area (Å²) in [5.74, 6) is -2.27. The Labute approximate surface area is 185 Å². The molecule has 8 nitrogen and oxygen atoms in total. The van der Waals surface area contributed by atoms with E-state index in [0.29, 0.717) is 10.9 Å². The molecule has 0 aliphatic carbocycles. The molecule has 32 heavy (non-hydrogen) atoms. The SMILES string of the molecule is CCN(CC)c1ccc(C(=O)NNC(=O)COC(=O)c2ccc3ccccc3c2O)cc1. The van der Waals surface area contributed by atoms with Gasteiger partial charge in [-0.1, -0.05) is 30.3 Å². The van der Waals surface area contributed by atoms with Crippen LogP contribution < -0.4 is 15.8 Å². The first-order valence-corrected chi connectivity index (χ1v) is 10.3. The number of ether oxygens (including phenoxy) is 1. The predicted molar refractivity (Wildman–Crippen MR) is 122 cm³/mol. The highest BCUT2D eigenvalue weighted by Crippen LogP contribution is 2.28. The smallest absolute Gasteiger partial charge is 0.342 e. The molecule has 0 saturated carbocycles. The molecule has 3 rings (SSSR count). The zero-order valence-electron chi connectivity index (χ0n) is 17.9. The first-order chi connectivity index (χ1) is 15.4. The van der Waals surface area contributed by atoms with Crippen molar-refractivity contribution in [3.8, 4) is 5.75 Å². The molecule has 0 unspecified atom stereocenters. The van der Waals surface area contributed by atoms with Gasteiger partial charge in [0.15, 0.2) is 6.61 Å². The number of nitrogens with zero attached hydrogens (tertiary/aromatic N) is 1. The van der Waals surface area contributed by atoms with Gasteiger partial charge in [-0.05, 0) is 49.6 Å². The number of hydrogen-bond donors (Lipinski definition) is 3. The molecule has 3 aromatic rings. The van der Waals surface area contributed by atoms with Gasteiger partial charge in [0.1, 0.15) is 11.3 Å². The summed E-state index contributed by atoms with van der Waals surface area (Å²) >= 11 is 0. The predicted octanol–water partition coefficient (Wildman–Crippen LogP) is 3.01. The number of anilines is 1. The monoisotopic (exact) mass is 435 g/mol. The third kappa shape index (κ3) is 5.15. The molecule has 0 radical (unpaired) electrons. The van der Waals surface area contributed by atoms with E-state index in [1.807, 2.05) is 32.0 Å². The van der Waals surface area contributed by atoms with Gasteiger partial charge in [-0.15, -0.1) is 0 Å². The van der Waals surface area contributed by atoms with Crippen LogP contribution in [0.5, 0.6) is 5.75 Å². The maximum Gasteiger partial charge on any atom is 0.342 e. The zero-order valence-corrected chi connectivity index (χ0v) is 17.9. The minimum atomic E-state index is -0.846. The molecule has 0 aromatic heterocycles. The maximum absolute atomic E-state index is 12.3. The van der Waals surface area contributed by atoms with E-state index < -0.39 is 24.4 Å². The van der Waals surface area contributed by atoms with E-state index in [2.05, 4.69) is 15.8 Å². The zero-order chi connectivity index (χ0) is 23.1. The lowest BCUT2D eigenvalue weighted by atomic mass is 10.1. The van der Waals surface area contributed by atoms with E-state index in [-0.39, 0.29) is 11.3 Å². The van der Waals surface area contributed by atoms with E-state index in [9.17, 15) is 19.5 Å². The minimum Gasteiger partial charge on any atom is -0.506 e. The number of phenolic OH excluding ortho intramolecular Hbond substituents is 1. The highest BCUT2D eigenvalue weighted by Gasteiger charge is 2.17. The van der Waals surface area contributed by atoms with Crippen molar-refractivity contribution in [3.63, 3.8) is 0 Å². The summed E-state index contributed by atoms with van der Waals surface area (Å²) in [5.41, 5.74) is 5.81. The van der Waals surface area contributed by atoms with Crippen molar-refractivity contribution in [2.75, 3.05) is 24.6 Å². The van der Waals surface area contributed by atoms with Crippen LogP contribution in [0.4, 0.5) is 5.69 Å². The molecule has 2 amide bonds. The average molecular weight is 435 g/mol. The van der Waals surface area contributed by atoms with Gasteiger partial charge in [0.25, 0.3) is 11.8 Å². The van der Waals surface area contributed by atoms with Gasteiger partial charge in [-0.2, -0.15) is 0 Å². The molecule has 3 N–H and O–H groups in total. The number of amides is 2. The van der Waals surface area contributed by atoms with Crippen LogP contribution >= 0.6 is 0 Å².